The van der Waals surface area contributed by atoms with Crippen LogP contribution in [0.25, 0.3) is 0 Å². The van der Waals surface area contributed by atoms with Gasteiger partial charge in [0.1, 0.15) is 11.5 Å². The maximum absolute atomic E-state index is 12.0. The number of carbonyl (C=O) groups excluding carboxylic acids is 2. The summed E-state index contributed by atoms with van der Waals surface area (Å²) in [6.45, 7) is 3.71. The molecule has 0 aliphatic carbocycles. The van der Waals surface area contributed by atoms with E-state index in [2.05, 4.69) is 15.8 Å². The van der Waals surface area contributed by atoms with Crippen molar-refractivity contribution in [2.45, 2.75) is 13.8 Å². The quantitative estimate of drug-likeness (QED) is 0.490. The van der Waals surface area contributed by atoms with Gasteiger partial charge in [0.05, 0.1) is 20.4 Å². The van der Waals surface area contributed by atoms with Crippen molar-refractivity contribution in [1.29, 1.82) is 0 Å². The third-order valence-corrected chi connectivity index (χ3v) is 3.73. The molecule has 2 amide bonds. The van der Waals surface area contributed by atoms with Gasteiger partial charge in [0.15, 0.2) is 0 Å². The number of nitrogens with zero attached hydrogens (tertiary/aromatic N) is 1. The first-order valence-electron chi connectivity index (χ1n) is 7.89. The van der Waals surface area contributed by atoms with Gasteiger partial charge in [-0.25, -0.2) is 5.43 Å². The van der Waals surface area contributed by atoms with E-state index in [1.165, 1.54) is 13.3 Å². The minimum absolute atomic E-state index is 0.559. The molecule has 0 radical (unpaired) electrons. The van der Waals surface area contributed by atoms with Crippen molar-refractivity contribution in [1.82, 2.24) is 5.43 Å². The summed E-state index contributed by atoms with van der Waals surface area (Å²) in [5, 5.41) is 6.41. The minimum Gasteiger partial charge on any atom is -0.497 e. The largest absolute Gasteiger partial charge is 0.497 e. The Morgan fingerprint density at radius 3 is 2.31 bits per heavy atom. The van der Waals surface area contributed by atoms with Crippen LogP contribution in [0.4, 0.5) is 5.69 Å². The number of para-hydroxylation sites is 1. The second-order valence-corrected chi connectivity index (χ2v) is 5.53. The monoisotopic (exact) mass is 355 g/mol. The van der Waals surface area contributed by atoms with Gasteiger partial charge in [-0.05, 0) is 43.2 Å². The van der Waals surface area contributed by atoms with Gasteiger partial charge in [0.2, 0.25) is 0 Å². The first-order valence-corrected chi connectivity index (χ1v) is 7.89. The maximum Gasteiger partial charge on any atom is 0.329 e. The lowest BCUT2D eigenvalue weighted by atomic mass is 10.1. The molecular formula is C19H21N3O4. The Balaban J connectivity index is 2.04. The Kier molecular flexibility index (Phi) is 6.32. The van der Waals surface area contributed by atoms with E-state index in [1.54, 1.807) is 25.3 Å². The second kappa shape index (κ2) is 8.66. The van der Waals surface area contributed by atoms with Crippen LogP contribution >= 0.6 is 0 Å². The van der Waals surface area contributed by atoms with Gasteiger partial charge in [-0.3, -0.25) is 9.59 Å². The Hall–Kier alpha value is -3.35. The van der Waals surface area contributed by atoms with E-state index in [-0.39, 0.29) is 0 Å². The first-order chi connectivity index (χ1) is 12.5. The number of aryl methyl sites for hydroxylation is 2. The number of hydrogen-bond donors (Lipinski definition) is 2. The lowest BCUT2D eigenvalue weighted by Gasteiger charge is -2.10. The predicted octanol–water partition coefficient (Wildman–Crippen LogP) is 2.41. The summed E-state index contributed by atoms with van der Waals surface area (Å²) in [4.78, 5) is 24.0. The number of nitrogens with one attached hydrogen (secondary N) is 2. The van der Waals surface area contributed by atoms with Crippen LogP contribution in [0.5, 0.6) is 11.5 Å². The molecule has 0 heterocycles. The summed E-state index contributed by atoms with van der Waals surface area (Å²) in [6, 6.07) is 10.8. The molecule has 0 bridgehead atoms. The van der Waals surface area contributed by atoms with Crippen molar-refractivity contribution in [2.75, 3.05) is 19.5 Å². The molecule has 2 aromatic rings. The highest BCUT2D eigenvalue weighted by Crippen LogP contribution is 2.22. The fourth-order valence-electron chi connectivity index (χ4n) is 2.33. The highest BCUT2D eigenvalue weighted by Gasteiger charge is 2.15. The Morgan fingerprint density at radius 2 is 1.69 bits per heavy atom. The summed E-state index contributed by atoms with van der Waals surface area (Å²) < 4.78 is 10.4. The Morgan fingerprint density at radius 1 is 1.00 bits per heavy atom. The van der Waals surface area contributed by atoms with E-state index in [1.807, 2.05) is 32.0 Å². The fraction of sp³-hybridized carbons (Fsp3) is 0.211. The van der Waals surface area contributed by atoms with Crippen molar-refractivity contribution >= 4 is 23.7 Å². The molecule has 0 saturated heterocycles. The molecule has 0 aliphatic rings. The lowest BCUT2D eigenvalue weighted by Crippen LogP contribution is -2.32. The summed E-state index contributed by atoms with van der Waals surface area (Å²) in [5.74, 6) is -0.488. The lowest BCUT2D eigenvalue weighted by molar-refractivity contribution is -0.136. The molecule has 0 fully saturated rings. The number of hydrogen-bond acceptors (Lipinski definition) is 5. The third kappa shape index (κ3) is 4.60. The first kappa shape index (κ1) is 19.0. The van der Waals surface area contributed by atoms with Crippen LogP contribution in [-0.2, 0) is 9.59 Å². The number of methoxy groups -OCH3 is 2. The van der Waals surface area contributed by atoms with E-state index in [0.29, 0.717) is 22.7 Å². The summed E-state index contributed by atoms with van der Waals surface area (Å²) in [5.41, 5.74) is 5.16. The zero-order valence-corrected chi connectivity index (χ0v) is 15.1. The maximum atomic E-state index is 12.0. The Labute approximate surface area is 152 Å². The number of hydrazone groups is 1. The third-order valence-electron chi connectivity index (χ3n) is 3.73. The highest BCUT2D eigenvalue weighted by molar-refractivity contribution is 6.39. The molecule has 7 heteroatoms. The van der Waals surface area contributed by atoms with Gasteiger partial charge in [-0.2, -0.15) is 5.10 Å². The highest BCUT2D eigenvalue weighted by atomic mass is 16.5. The van der Waals surface area contributed by atoms with Crippen LogP contribution in [0.2, 0.25) is 0 Å². The minimum atomic E-state index is -0.870. The van der Waals surface area contributed by atoms with E-state index in [0.717, 1.165) is 11.1 Å². The van der Waals surface area contributed by atoms with Crippen molar-refractivity contribution in [3.8, 4) is 11.5 Å². The number of rotatable bonds is 5. The van der Waals surface area contributed by atoms with Crippen molar-refractivity contribution in [3.05, 3.63) is 53.1 Å². The van der Waals surface area contributed by atoms with Crippen LogP contribution in [0.3, 0.4) is 0 Å². The molecule has 0 aliphatic heterocycles. The standard InChI is InChI=1S/C19H21N3O4/c1-12-6-5-7-13(2)17(12)21-18(23)19(24)22-20-11-14-10-15(25-3)8-9-16(14)26-4/h5-11H,1-4H3,(H,21,23)(H,22,24)/b20-11+. The van der Waals surface area contributed by atoms with Crippen LogP contribution in [0.1, 0.15) is 16.7 Å². The molecule has 0 saturated carbocycles. The molecule has 0 atom stereocenters. The van der Waals surface area contributed by atoms with Gasteiger partial charge in [0, 0.05) is 11.3 Å². The molecule has 2 N–H and O–H groups in total. The van der Waals surface area contributed by atoms with Gasteiger partial charge < -0.3 is 14.8 Å². The molecule has 2 aromatic carbocycles. The average Bonchev–Trinajstić information content (AvgIpc) is 2.64. The van der Waals surface area contributed by atoms with Crippen LogP contribution in [0, 0.1) is 13.8 Å². The number of benzene rings is 2. The van der Waals surface area contributed by atoms with Crippen molar-refractivity contribution in [3.63, 3.8) is 0 Å². The van der Waals surface area contributed by atoms with Gasteiger partial charge >= 0.3 is 11.8 Å². The zero-order valence-electron chi connectivity index (χ0n) is 15.1. The Bertz CT molecular complexity index is 826. The van der Waals surface area contributed by atoms with Crippen LogP contribution in [-0.4, -0.2) is 32.2 Å². The smallest absolute Gasteiger partial charge is 0.329 e. The second-order valence-electron chi connectivity index (χ2n) is 5.53. The van der Waals surface area contributed by atoms with Gasteiger partial charge in [-0.1, -0.05) is 18.2 Å². The topological polar surface area (TPSA) is 89.0 Å². The molecule has 2 rings (SSSR count). The average molecular weight is 355 g/mol. The predicted molar refractivity (Wildman–Crippen MR) is 99.8 cm³/mol. The number of amides is 2. The molecular weight excluding hydrogens is 334 g/mol. The molecule has 0 unspecified atom stereocenters. The molecule has 136 valence electrons. The SMILES string of the molecule is COc1ccc(OC)c(/C=N/NC(=O)C(=O)Nc2c(C)cccc2C)c1. The zero-order chi connectivity index (χ0) is 19.1. The summed E-state index contributed by atoms with van der Waals surface area (Å²) >= 11 is 0. The molecule has 7 nitrogen and oxygen atoms in total. The van der Waals surface area contributed by atoms with Gasteiger partial charge in [-0.15, -0.1) is 0 Å². The summed E-state index contributed by atoms with van der Waals surface area (Å²) in [7, 11) is 3.07. The summed E-state index contributed by atoms with van der Waals surface area (Å²) in [6.07, 6.45) is 1.38. The molecule has 26 heavy (non-hydrogen) atoms. The van der Waals surface area contributed by atoms with E-state index >= 15 is 0 Å². The van der Waals surface area contributed by atoms with E-state index in [4.69, 9.17) is 9.47 Å². The molecule has 0 spiro atoms. The fourth-order valence-corrected chi connectivity index (χ4v) is 2.33. The van der Waals surface area contributed by atoms with Crippen LogP contribution in [0.15, 0.2) is 41.5 Å². The van der Waals surface area contributed by atoms with E-state index in [9.17, 15) is 9.59 Å². The normalized spacial score (nSPS) is 10.5. The number of anilines is 1. The van der Waals surface area contributed by atoms with Crippen LogP contribution < -0.4 is 20.2 Å². The molecule has 0 aromatic heterocycles. The number of ether oxygens (including phenoxy) is 2. The van der Waals surface area contributed by atoms with Gasteiger partial charge in [0.25, 0.3) is 0 Å². The van der Waals surface area contributed by atoms with Crippen molar-refractivity contribution < 1.29 is 19.1 Å². The van der Waals surface area contributed by atoms with E-state index < -0.39 is 11.8 Å². The van der Waals surface area contributed by atoms with Crippen molar-refractivity contribution in [2.24, 2.45) is 5.10 Å². The number of carbonyl (C=O) groups is 2.